The first-order valence-electron chi connectivity index (χ1n) is 8.65. The van der Waals surface area contributed by atoms with Crippen molar-refractivity contribution in [3.8, 4) is 0 Å². The number of fused-ring (bicyclic) bond motifs is 4. The Morgan fingerprint density at radius 1 is 1.32 bits per heavy atom. The van der Waals surface area contributed by atoms with Gasteiger partial charge in [0.15, 0.2) is 5.78 Å². The number of aliphatic hydroxyl groups excluding tert-OH is 1. The maximum Gasteiger partial charge on any atom is 0.336 e. The molecule has 0 saturated carbocycles. The van der Waals surface area contributed by atoms with E-state index >= 15 is 0 Å². The molecule has 0 aliphatic carbocycles. The van der Waals surface area contributed by atoms with Crippen LogP contribution in [0.4, 0.5) is 0 Å². The van der Waals surface area contributed by atoms with Gasteiger partial charge in [-0.1, -0.05) is 18.2 Å². The van der Waals surface area contributed by atoms with E-state index in [0.717, 1.165) is 5.57 Å². The van der Waals surface area contributed by atoms with Crippen molar-refractivity contribution in [2.45, 2.75) is 69.9 Å². The molecule has 3 aliphatic rings. The SMILES string of the molecule is C=C(C)[C@H]1CC=C2C(=O)O[C@H](C[C@@]3(C)CC(=O)[C@@H](CC(=O)C1)O3)[C@H]2O. The van der Waals surface area contributed by atoms with Crippen molar-refractivity contribution >= 4 is 17.5 Å². The molecule has 6 heteroatoms. The third-order valence-electron chi connectivity index (χ3n) is 5.34. The molecule has 0 aromatic carbocycles. The zero-order valence-electron chi connectivity index (χ0n) is 14.6. The van der Waals surface area contributed by atoms with Gasteiger partial charge in [0.2, 0.25) is 0 Å². The summed E-state index contributed by atoms with van der Waals surface area (Å²) in [6.07, 6.45) is 0.187. The Balaban J connectivity index is 1.94. The molecule has 136 valence electrons. The molecule has 2 saturated heterocycles. The minimum absolute atomic E-state index is 0.0541. The summed E-state index contributed by atoms with van der Waals surface area (Å²) in [7, 11) is 0. The predicted octanol–water partition coefficient (Wildman–Crippen LogP) is 1.65. The molecule has 3 rings (SSSR count). The van der Waals surface area contributed by atoms with Crippen LogP contribution in [0.1, 0.15) is 46.0 Å². The lowest BCUT2D eigenvalue weighted by atomic mass is 9.87. The molecule has 0 aromatic heterocycles. The molecule has 0 amide bonds. The van der Waals surface area contributed by atoms with Gasteiger partial charge in [-0.3, -0.25) is 9.59 Å². The average Bonchev–Trinajstić information content (AvgIpc) is 2.91. The van der Waals surface area contributed by atoms with Gasteiger partial charge in [-0.15, -0.1) is 0 Å². The van der Waals surface area contributed by atoms with E-state index < -0.39 is 29.9 Å². The number of esters is 1. The number of ether oxygens (including phenoxy) is 2. The molecule has 25 heavy (non-hydrogen) atoms. The lowest BCUT2D eigenvalue weighted by molar-refractivity contribution is -0.144. The predicted molar refractivity (Wildman–Crippen MR) is 88.7 cm³/mol. The van der Waals surface area contributed by atoms with Gasteiger partial charge in [0.1, 0.15) is 24.1 Å². The van der Waals surface area contributed by atoms with E-state index in [2.05, 4.69) is 6.58 Å². The summed E-state index contributed by atoms with van der Waals surface area (Å²) in [4.78, 5) is 36.8. The number of hydrogen-bond acceptors (Lipinski definition) is 6. The highest BCUT2D eigenvalue weighted by atomic mass is 16.6. The second kappa shape index (κ2) is 6.50. The largest absolute Gasteiger partial charge is 0.456 e. The molecule has 0 radical (unpaired) electrons. The van der Waals surface area contributed by atoms with Crippen LogP contribution in [0.15, 0.2) is 23.8 Å². The number of allylic oxidation sites excluding steroid dienone is 2. The molecule has 2 fully saturated rings. The normalized spacial score (nSPS) is 39.2. The maximum atomic E-state index is 12.4. The van der Waals surface area contributed by atoms with Crippen molar-refractivity contribution in [2.24, 2.45) is 5.92 Å². The molecular weight excluding hydrogens is 324 g/mol. The molecule has 0 unspecified atom stereocenters. The number of carbonyl (C=O) groups excluding carboxylic acids is 3. The summed E-state index contributed by atoms with van der Waals surface area (Å²) in [6, 6.07) is 0. The van der Waals surface area contributed by atoms with E-state index in [1.165, 1.54) is 0 Å². The lowest BCUT2D eigenvalue weighted by Gasteiger charge is -2.27. The molecule has 3 aliphatic heterocycles. The van der Waals surface area contributed by atoms with Crippen molar-refractivity contribution < 1.29 is 29.0 Å². The summed E-state index contributed by atoms with van der Waals surface area (Å²) in [5.74, 6) is -0.871. The van der Waals surface area contributed by atoms with E-state index in [0.29, 0.717) is 6.42 Å². The van der Waals surface area contributed by atoms with Crippen LogP contribution in [0.3, 0.4) is 0 Å². The second-order valence-electron chi connectivity index (χ2n) is 7.68. The van der Waals surface area contributed by atoms with Crippen LogP contribution in [-0.2, 0) is 23.9 Å². The summed E-state index contributed by atoms with van der Waals surface area (Å²) >= 11 is 0. The molecule has 0 aromatic rings. The zero-order chi connectivity index (χ0) is 18.4. The monoisotopic (exact) mass is 348 g/mol. The van der Waals surface area contributed by atoms with Gasteiger partial charge in [0.25, 0.3) is 0 Å². The van der Waals surface area contributed by atoms with E-state index in [4.69, 9.17) is 9.47 Å². The molecule has 1 N–H and O–H groups in total. The molecule has 0 spiro atoms. The number of hydrogen-bond donors (Lipinski definition) is 1. The van der Waals surface area contributed by atoms with Crippen molar-refractivity contribution in [1.82, 2.24) is 0 Å². The Kier molecular flexibility index (Phi) is 4.68. The van der Waals surface area contributed by atoms with Crippen LogP contribution in [0.2, 0.25) is 0 Å². The lowest BCUT2D eigenvalue weighted by Crippen LogP contribution is -2.35. The number of carbonyl (C=O) groups is 3. The van der Waals surface area contributed by atoms with Crippen LogP contribution < -0.4 is 0 Å². The van der Waals surface area contributed by atoms with Crippen LogP contribution in [0.25, 0.3) is 0 Å². The van der Waals surface area contributed by atoms with E-state index in [1.807, 2.05) is 6.92 Å². The van der Waals surface area contributed by atoms with Gasteiger partial charge >= 0.3 is 5.97 Å². The highest BCUT2D eigenvalue weighted by Gasteiger charge is 2.49. The highest BCUT2D eigenvalue weighted by molar-refractivity contribution is 5.93. The van der Waals surface area contributed by atoms with E-state index in [1.54, 1.807) is 13.0 Å². The van der Waals surface area contributed by atoms with Crippen molar-refractivity contribution in [2.75, 3.05) is 0 Å². The Bertz CT molecular complexity index is 663. The van der Waals surface area contributed by atoms with Crippen molar-refractivity contribution in [3.05, 3.63) is 23.8 Å². The smallest absolute Gasteiger partial charge is 0.336 e. The average molecular weight is 348 g/mol. The van der Waals surface area contributed by atoms with Crippen LogP contribution >= 0.6 is 0 Å². The standard InChI is InChI=1S/C19H24O6/c1-10(2)11-4-5-13-17(22)16(24-18(13)23)9-19(3)8-14(21)15(25-19)7-12(20)6-11/h5,11,15-17,22H,1,4,6-9H2,2-3H3/t11-,15+,16+,17-,19+/m0/s1. The number of ketones is 2. The minimum atomic E-state index is -1.05. The van der Waals surface area contributed by atoms with Gasteiger partial charge in [-0.05, 0) is 26.2 Å². The van der Waals surface area contributed by atoms with Gasteiger partial charge in [-0.2, -0.15) is 0 Å². The minimum Gasteiger partial charge on any atom is -0.456 e. The zero-order valence-corrected chi connectivity index (χ0v) is 14.6. The Morgan fingerprint density at radius 2 is 2.04 bits per heavy atom. The molecule has 4 bridgehead atoms. The quantitative estimate of drug-likeness (QED) is 0.572. The fourth-order valence-corrected chi connectivity index (χ4v) is 3.88. The van der Waals surface area contributed by atoms with E-state index in [9.17, 15) is 19.5 Å². The summed E-state index contributed by atoms with van der Waals surface area (Å²) in [5, 5.41) is 10.5. The summed E-state index contributed by atoms with van der Waals surface area (Å²) < 4.78 is 11.2. The summed E-state index contributed by atoms with van der Waals surface area (Å²) in [5.41, 5.74) is 0.194. The van der Waals surface area contributed by atoms with Crippen LogP contribution in [-0.4, -0.2) is 46.6 Å². The third-order valence-corrected chi connectivity index (χ3v) is 5.34. The maximum absolute atomic E-state index is 12.4. The Hall–Kier alpha value is -1.79. The van der Waals surface area contributed by atoms with Gasteiger partial charge in [0.05, 0.1) is 11.2 Å². The molecule has 5 atom stereocenters. The molecular formula is C19H24O6. The van der Waals surface area contributed by atoms with Gasteiger partial charge in [-0.25, -0.2) is 4.79 Å². The molecule has 6 nitrogen and oxygen atoms in total. The number of aliphatic hydroxyl groups is 1. The fraction of sp³-hybridized carbons (Fsp3) is 0.632. The number of rotatable bonds is 1. The van der Waals surface area contributed by atoms with Crippen LogP contribution in [0, 0.1) is 5.92 Å². The van der Waals surface area contributed by atoms with Gasteiger partial charge in [0, 0.05) is 25.7 Å². The third kappa shape index (κ3) is 3.60. The van der Waals surface area contributed by atoms with Crippen molar-refractivity contribution in [1.29, 1.82) is 0 Å². The summed E-state index contributed by atoms with van der Waals surface area (Å²) in [6.45, 7) is 7.50. The molecule has 3 heterocycles. The second-order valence-corrected chi connectivity index (χ2v) is 7.68. The first kappa shape index (κ1) is 18.0. The van der Waals surface area contributed by atoms with Crippen LogP contribution in [0.5, 0.6) is 0 Å². The topological polar surface area (TPSA) is 89.9 Å². The van der Waals surface area contributed by atoms with Crippen molar-refractivity contribution in [3.63, 3.8) is 0 Å². The Labute approximate surface area is 146 Å². The fourth-order valence-electron chi connectivity index (χ4n) is 3.88. The highest BCUT2D eigenvalue weighted by Crippen LogP contribution is 2.38. The van der Waals surface area contributed by atoms with E-state index in [-0.39, 0.29) is 48.7 Å². The number of Topliss-reactive ketones (excluding diaryl/α,β-unsaturated/α-hetero) is 2. The first-order valence-corrected chi connectivity index (χ1v) is 8.65. The van der Waals surface area contributed by atoms with Gasteiger partial charge < -0.3 is 14.6 Å². The first-order chi connectivity index (χ1) is 11.7. The Morgan fingerprint density at radius 3 is 2.72 bits per heavy atom.